The van der Waals surface area contributed by atoms with Crippen LogP contribution in [-0.2, 0) is 4.74 Å². The number of hydrogen-bond donors (Lipinski definition) is 2. The van der Waals surface area contributed by atoms with Crippen LogP contribution in [0.5, 0.6) is 0 Å². The van der Waals surface area contributed by atoms with Crippen molar-refractivity contribution in [1.29, 1.82) is 0 Å². The Kier molecular flexibility index (Phi) is 10.8. The molecule has 0 spiro atoms. The smallest absolute Gasteiger partial charge is 0.407 e. The molecule has 0 bridgehead atoms. The molecule has 0 aliphatic carbocycles. The SMILES string of the molecule is CC(C)(C)NC(=O)OCCCNc1nc(Cl)ncc1[N+](=O)[O-].O=[N+]([O-])c1cnc(Cl)nc1Cl. The molecule has 2 N–H and O–H groups in total. The summed E-state index contributed by atoms with van der Waals surface area (Å²) < 4.78 is 4.97. The van der Waals surface area contributed by atoms with Crippen LogP contribution in [-0.4, -0.2) is 54.6 Å². The zero-order chi connectivity index (χ0) is 25.2. The fraction of sp³-hybridized carbons (Fsp3) is 0.438. The molecule has 0 atom stereocenters. The van der Waals surface area contributed by atoms with Crippen LogP contribution in [0.15, 0.2) is 12.4 Å². The number of amides is 1. The summed E-state index contributed by atoms with van der Waals surface area (Å²) in [6.07, 6.45) is 1.93. The van der Waals surface area contributed by atoms with E-state index in [1.807, 2.05) is 20.8 Å². The summed E-state index contributed by atoms with van der Waals surface area (Å²) in [4.78, 5) is 45.1. The summed E-state index contributed by atoms with van der Waals surface area (Å²) in [6, 6.07) is 0. The van der Waals surface area contributed by atoms with Crippen LogP contribution in [0.2, 0.25) is 15.7 Å². The molecule has 0 saturated carbocycles. The second-order valence-electron chi connectivity index (χ2n) is 6.99. The molecule has 2 heterocycles. The molecular weight excluding hydrogens is 507 g/mol. The van der Waals surface area contributed by atoms with Crippen molar-refractivity contribution in [2.45, 2.75) is 32.7 Å². The van der Waals surface area contributed by atoms with Crippen LogP contribution in [0.25, 0.3) is 0 Å². The number of alkyl carbamates (subject to hydrolysis) is 1. The van der Waals surface area contributed by atoms with Gasteiger partial charge in [0.15, 0.2) is 0 Å². The highest BCUT2D eigenvalue weighted by atomic mass is 35.5. The van der Waals surface area contributed by atoms with Gasteiger partial charge in [0.2, 0.25) is 21.5 Å². The third-order valence-electron chi connectivity index (χ3n) is 3.15. The Bertz CT molecular complexity index is 1000. The number of anilines is 1. The van der Waals surface area contributed by atoms with Crippen molar-refractivity contribution in [2.75, 3.05) is 18.5 Å². The molecule has 0 aliphatic heterocycles. The molecule has 17 heteroatoms. The number of aromatic nitrogens is 4. The molecule has 2 aromatic rings. The normalized spacial score (nSPS) is 10.5. The van der Waals surface area contributed by atoms with E-state index in [4.69, 9.17) is 39.5 Å². The molecule has 0 saturated heterocycles. The minimum atomic E-state index is -0.682. The van der Waals surface area contributed by atoms with Gasteiger partial charge in [-0.25, -0.2) is 14.8 Å². The lowest BCUT2D eigenvalue weighted by atomic mass is 10.1. The number of halogens is 3. The molecule has 0 aromatic carbocycles. The third kappa shape index (κ3) is 10.9. The van der Waals surface area contributed by atoms with Crippen molar-refractivity contribution in [3.8, 4) is 0 Å². The maximum Gasteiger partial charge on any atom is 0.407 e. The number of ether oxygens (including phenoxy) is 1. The first-order chi connectivity index (χ1) is 15.3. The number of rotatable bonds is 7. The summed E-state index contributed by atoms with van der Waals surface area (Å²) in [6.45, 7) is 6.02. The van der Waals surface area contributed by atoms with E-state index < -0.39 is 15.9 Å². The van der Waals surface area contributed by atoms with Gasteiger partial charge in [-0.1, -0.05) is 11.6 Å². The number of nitro groups is 2. The fourth-order valence-corrected chi connectivity index (χ4v) is 2.37. The van der Waals surface area contributed by atoms with E-state index in [-0.39, 0.29) is 45.1 Å². The van der Waals surface area contributed by atoms with Crippen molar-refractivity contribution in [3.05, 3.63) is 48.3 Å². The van der Waals surface area contributed by atoms with E-state index >= 15 is 0 Å². The molecule has 1 amide bonds. The van der Waals surface area contributed by atoms with Crippen molar-refractivity contribution in [3.63, 3.8) is 0 Å². The van der Waals surface area contributed by atoms with Crippen LogP contribution >= 0.6 is 34.8 Å². The van der Waals surface area contributed by atoms with Gasteiger partial charge < -0.3 is 15.4 Å². The van der Waals surface area contributed by atoms with Gasteiger partial charge in [0.05, 0.1) is 16.5 Å². The van der Waals surface area contributed by atoms with Gasteiger partial charge in [-0.05, 0) is 50.4 Å². The Morgan fingerprint density at radius 2 is 1.58 bits per heavy atom. The van der Waals surface area contributed by atoms with E-state index in [1.54, 1.807) is 0 Å². The number of carbonyl (C=O) groups excluding carboxylic acids is 1. The molecule has 33 heavy (non-hydrogen) atoms. The van der Waals surface area contributed by atoms with Crippen molar-refractivity contribution in [1.82, 2.24) is 25.3 Å². The third-order valence-corrected chi connectivity index (χ3v) is 3.79. The van der Waals surface area contributed by atoms with E-state index in [0.717, 1.165) is 12.4 Å². The molecule has 0 unspecified atom stereocenters. The molecule has 0 aliphatic rings. The standard InChI is InChI=1S/C12H18ClN5O4.C4HCl2N3O2/c1-12(2,3)17-11(19)22-6-4-5-14-9-8(18(20)21)7-15-10(13)16-9;5-3-2(9(10)11)1-7-4(6)8-3/h7H,4-6H2,1-3H3,(H,17,19)(H,14,15,16);1H. The minimum absolute atomic E-state index is 0.0316. The highest BCUT2D eigenvalue weighted by Gasteiger charge is 2.17. The summed E-state index contributed by atoms with van der Waals surface area (Å²) in [5.74, 6) is 0.0316. The molecule has 180 valence electrons. The average molecular weight is 526 g/mol. The number of carbonyl (C=O) groups is 1. The minimum Gasteiger partial charge on any atom is -0.449 e. The first-order valence-electron chi connectivity index (χ1n) is 8.98. The largest absolute Gasteiger partial charge is 0.449 e. The number of hydrogen-bond acceptors (Lipinski definition) is 11. The van der Waals surface area contributed by atoms with Gasteiger partial charge in [-0.15, -0.1) is 0 Å². The predicted octanol–water partition coefficient (Wildman–Crippen LogP) is 4.06. The van der Waals surface area contributed by atoms with Crippen LogP contribution in [0.3, 0.4) is 0 Å². The van der Waals surface area contributed by atoms with E-state index in [1.165, 1.54) is 0 Å². The van der Waals surface area contributed by atoms with Crippen LogP contribution < -0.4 is 10.6 Å². The quantitative estimate of drug-likeness (QED) is 0.174. The number of nitrogens with one attached hydrogen (secondary N) is 2. The van der Waals surface area contributed by atoms with Crippen molar-refractivity contribution < 1.29 is 19.4 Å². The molecule has 0 radical (unpaired) electrons. The number of nitrogens with zero attached hydrogens (tertiary/aromatic N) is 6. The van der Waals surface area contributed by atoms with Crippen LogP contribution in [0.1, 0.15) is 27.2 Å². The second-order valence-corrected chi connectivity index (χ2v) is 8.03. The predicted molar refractivity (Wildman–Crippen MR) is 120 cm³/mol. The lowest BCUT2D eigenvalue weighted by Crippen LogP contribution is -2.41. The van der Waals surface area contributed by atoms with E-state index in [0.29, 0.717) is 13.0 Å². The van der Waals surface area contributed by atoms with Gasteiger partial charge in [0.25, 0.3) is 0 Å². The van der Waals surface area contributed by atoms with E-state index in [2.05, 4.69) is 30.6 Å². The summed E-state index contributed by atoms with van der Waals surface area (Å²) >= 11 is 16.2. The van der Waals surface area contributed by atoms with Crippen LogP contribution in [0, 0.1) is 20.2 Å². The Labute approximate surface area is 202 Å². The van der Waals surface area contributed by atoms with Gasteiger partial charge in [0, 0.05) is 12.1 Å². The van der Waals surface area contributed by atoms with Crippen molar-refractivity contribution in [2.24, 2.45) is 0 Å². The topological polar surface area (TPSA) is 188 Å². The lowest BCUT2D eigenvalue weighted by molar-refractivity contribution is -0.385. The van der Waals surface area contributed by atoms with Gasteiger partial charge in [-0.3, -0.25) is 20.2 Å². The molecule has 2 aromatic heterocycles. The highest BCUT2D eigenvalue weighted by Crippen LogP contribution is 2.22. The molecule has 0 fully saturated rings. The molecule has 2 rings (SSSR count). The Morgan fingerprint density at radius 3 is 2.09 bits per heavy atom. The Morgan fingerprint density at radius 1 is 1.03 bits per heavy atom. The summed E-state index contributed by atoms with van der Waals surface area (Å²) in [5.41, 5.74) is -0.986. The highest BCUT2D eigenvalue weighted by molar-refractivity contribution is 6.33. The van der Waals surface area contributed by atoms with Gasteiger partial charge in [-0.2, -0.15) is 9.97 Å². The first kappa shape index (κ1) is 27.9. The first-order valence-corrected chi connectivity index (χ1v) is 10.1. The Balaban J connectivity index is 0.000000412. The lowest BCUT2D eigenvalue weighted by Gasteiger charge is -2.19. The van der Waals surface area contributed by atoms with Crippen molar-refractivity contribution >= 4 is 58.1 Å². The fourth-order valence-electron chi connectivity index (χ4n) is 1.86. The molecular formula is C16H19Cl3N8O6. The van der Waals surface area contributed by atoms with Gasteiger partial charge >= 0.3 is 17.5 Å². The summed E-state index contributed by atoms with van der Waals surface area (Å²) in [5, 5.41) is 25.9. The van der Waals surface area contributed by atoms with Crippen LogP contribution in [0.4, 0.5) is 22.0 Å². The Hall–Kier alpha value is -3.10. The summed E-state index contributed by atoms with van der Waals surface area (Å²) in [7, 11) is 0. The van der Waals surface area contributed by atoms with Gasteiger partial charge in [0.1, 0.15) is 12.4 Å². The van der Waals surface area contributed by atoms with E-state index in [9.17, 15) is 25.0 Å². The second kappa shape index (κ2) is 12.8. The molecule has 14 nitrogen and oxygen atoms in total. The maximum absolute atomic E-state index is 11.4. The zero-order valence-electron chi connectivity index (χ0n) is 17.5. The zero-order valence-corrected chi connectivity index (χ0v) is 19.8. The average Bonchev–Trinajstić information content (AvgIpc) is 2.66. The monoisotopic (exact) mass is 524 g/mol. The maximum atomic E-state index is 11.4.